The van der Waals surface area contributed by atoms with Crippen molar-refractivity contribution in [3.8, 4) is 17.2 Å². The van der Waals surface area contributed by atoms with Gasteiger partial charge in [0.2, 0.25) is 0 Å². The zero-order valence-electron chi connectivity index (χ0n) is 21.7. The third kappa shape index (κ3) is 4.34. The van der Waals surface area contributed by atoms with E-state index in [1.54, 1.807) is 6.20 Å². The van der Waals surface area contributed by atoms with Crippen LogP contribution in [0.25, 0.3) is 16.8 Å². The van der Waals surface area contributed by atoms with Crippen LogP contribution in [-0.2, 0) is 22.3 Å². The summed E-state index contributed by atoms with van der Waals surface area (Å²) in [4.78, 5) is 14.2. The van der Waals surface area contributed by atoms with E-state index in [4.69, 9.17) is 9.47 Å². The average molecular weight is 509 g/mol. The molecule has 1 saturated heterocycles. The lowest BCUT2D eigenvalue weighted by Crippen LogP contribution is -2.39. The Balaban J connectivity index is 1.36. The van der Waals surface area contributed by atoms with Gasteiger partial charge in [-0.05, 0) is 42.0 Å². The molecule has 2 aromatic heterocycles. The first-order valence-electron chi connectivity index (χ1n) is 13.6. The van der Waals surface area contributed by atoms with E-state index >= 15 is 0 Å². The van der Waals surface area contributed by atoms with Crippen molar-refractivity contribution in [2.24, 2.45) is 0 Å². The Morgan fingerprint density at radius 3 is 2.50 bits per heavy atom. The molecule has 38 heavy (non-hydrogen) atoms. The van der Waals surface area contributed by atoms with Gasteiger partial charge < -0.3 is 9.47 Å². The van der Waals surface area contributed by atoms with Gasteiger partial charge in [0.05, 0.1) is 36.7 Å². The molecule has 0 amide bonds. The molecule has 7 heteroatoms. The molecule has 1 aliphatic carbocycles. The largest absolute Gasteiger partial charge is 0.348 e. The van der Waals surface area contributed by atoms with Crippen LogP contribution in [0.2, 0.25) is 0 Å². The summed E-state index contributed by atoms with van der Waals surface area (Å²) in [7, 11) is 0. The van der Waals surface area contributed by atoms with Crippen LogP contribution in [0.1, 0.15) is 67.5 Å². The second kappa shape index (κ2) is 10.2. The minimum atomic E-state index is -0.465. The lowest BCUT2D eigenvalue weighted by atomic mass is 9.89. The molecule has 3 heterocycles. The third-order valence-corrected chi connectivity index (χ3v) is 8.03. The summed E-state index contributed by atoms with van der Waals surface area (Å²) in [5.74, 6) is -0.465. The summed E-state index contributed by atoms with van der Waals surface area (Å²) in [6, 6.07) is 20.1. The van der Waals surface area contributed by atoms with Gasteiger partial charge in [-0.25, -0.2) is 4.52 Å². The number of hydrogen-bond donors (Lipinski definition) is 0. The van der Waals surface area contributed by atoms with E-state index in [1.165, 1.54) is 0 Å². The zero-order chi connectivity index (χ0) is 26.1. The van der Waals surface area contributed by atoms with E-state index in [0.29, 0.717) is 25.2 Å². The van der Waals surface area contributed by atoms with Crippen molar-refractivity contribution in [3.63, 3.8) is 0 Å². The number of nitriles is 1. The van der Waals surface area contributed by atoms with E-state index in [9.17, 15) is 10.1 Å². The summed E-state index contributed by atoms with van der Waals surface area (Å²) >= 11 is 0. The van der Waals surface area contributed by atoms with Crippen LogP contribution in [0.3, 0.4) is 0 Å². The average Bonchev–Trinajstić information content (AvgIpc) is 3.62. The Labute approximate surface area is 222 Å². The number of aromatic nitrogens is 3. The maximum Gasteiger partial charge on any atom is 0.257 e. The highest BCUT2D eigenvalue weighted by molar-refractivity contribution is 5.70. The molecule has 6 rings (SSSR count). The van der Waals surface area contributed by atoms with Gasteiger partial charge in [0, 0.05) is 36.9 Å². The predicted molar refractivity (Wildman–Crippen MR) is 145 cm³/mol. The Hall–Kier alpha value is -3.73. The molecule has 1 spiro atoms. The third-order valence-electron chi connectivity index (χ3n) is 8.03. The molecule has 2 aromatic carbocycles. The maximum absolute atomic E-state index is 14.2. The van der Waals surface area contributed by atoms with Crippen molar-refractivity contribution < 1.29 is 9.47 Å². The molecule has 1 saturated carbocycles. The van der Waals surface area contributed by atoms with Crippen LogP contribution in [-0.4, -0.2) is 33.2 Å². The molecule has 0 atom stereocenters. The Morgan fingerprint density at radius 2 is 1.79 bits per heavy atom. The highest BCUT2D eigenvalue weighted by Gasteiger charge is 2.41. The Morgan fingerprint density at radius 1 is 1.05 bits per heavy atom. The maximum atomic E-state index is 14.2. The molecule has 2 fully saturated rings. The molecule has 2 aliphatic rings. The molecule has 1 aliphatic heterocycles. The molecule has 4 aromatic rings. The number of hydrogen-bond acceptors (Lipinski definition) is 5. The van der Waals surface area contributed by atoms with Crippen molar-refractivity contribution in [1.82, 2.24) is 14.2 Å². The fourth-order valence-electron chi connectivity index (χ4n) is 6.14. The van der Waals surface area contributed by atoms with Crippen molar-refractivity contribution in [1.29, 1.82) is 5.26 Å². The van der Waals surface area contributed by atoms with Crippen molar-refractivity contribution in [2.45, 2.75) is 63.7 Å². The molecule has 7 nitrogen and oxygen atoms in total. The predicted octanol–water partition coefficient (Wildman–Crippen LogP) is 5.44. The first-order valence-corrected chi connectivity index (χ1v) is 13.6. The molecule has 194 valence electrons. The number of rotatable bonds is 6. The van der Waals surface area contributed by atoms with Crippen LogP contribution < -0.4 is 5.56 Å². The second-order valence-electron chi connectivity index (χ2n) is 10.3. The monoisotopic (exact) mass is 508 g/mol. The molecule has 0 bridgehead atoms. The highest BCUT2D eigenvalue weighted by Crippen LogP contribution is 2.40. The van der Waals surface area contributed by atoms with Gasteiger partial charge in [0.15, 0.2) is 5.79 Å². The van der Waals surface area contributed by atoms with Gasteiger partial charge in [-0.1, -0.05) is 55.8 Å². The number of ether oxygens (including phenoxy) is 2. The van der Waals surface area contributed by atoms with Crippen LogP contribution in [0.4, 0.5) is 0 Å². The number of benzene rings is 2. The minimum Gasteiger partial charge on any atom is -0.348 e. The lowest BCUT2D eigenvalue weighted by Gasteiger charge is -2.36. The normalized spacial score (nSPS) is 17.3. The van der Waals surface area contributed by atoms with Crippen molar-refractivity contribution in [3.05, 3.63) is 93.5 Å². The first kappa shape index (κ1) is 24.6. The molecular weight excluding hydrogens is 476 g/mol. The second-order valence-corrected chi connectivity index (χ2v) is 10.3. The van der Waals surface area contributed by atoms with E-state index in [1.807, 2.05) is 51.5 Å². The number of aryl methyl sites for hydroxylation is 1. The van der Waals surface area contributed by atoms with Crippen LogP contribution in [0, 0.1) is 11.3 Å². The molecule has 0 unspecified atom stereocenters. The van der Waals surface area contributed by atoms with E-state index in [-0.39, 0.29) is 11.6 Å². The first-order chi connectivity index (χ1) is 18.6. The van der Waals surface area contributed by atoms with E-state index in [0.717, 1.165) is 72.1 Å². The topological polar surface area (TPSA) is 81.5 Å². The van der Waals surface area contributed by atoms with Gasteiger partial charge in [0.1, 0.15) is 5.65 Å². The Bertz CT molecular complexity index is 1550. The van der Waals surface area contributed by atoms with Crippen molar-refractivity contribution >= 4 is 5.65 Å². The van der Waals surface area contributed by atoms with E-state index in [2.05, 4.69) is 30.2 Å². The van der Waals surface area contributed by atoms with Gasteiger partial charge in [-0.3, -0.25) is 9.36 Å². The van der Waals surface area contributed by atoms with Crippen LogP contribution in [0.5, 0.6) is 0 Å². The van der Waals surface area contributed by atoms with Gasteiger partial charge >= 0.3 is 0 Å². The van der Waals surface area contributed by atoms with Gasteiger partial charge in [-0.15, -0.1) is 0 Å². The smallest absolute Gasteiger partial charge is 0.257 e. The van der Waals surface area contributed by atoms with Crippen molar-refractivity contribution in [2.75, 3.05) is 13.2 Å². The summed E-state index contributed by atoms with van der Waals surface area (Å²) in [6.07, 6.45) is 7.30. The minimum absolute atomic E-state index is 0.0783. The summed E-state index contributed by atoms with van der Waals surface area (Å²) < 4.78 is 15.8. The number of fused-ring (bicyclic) bond motifs is 1. The fraction of sp³-hybridized carbons (Fsp3) is 0.387. The lowest BCUT2D eigenvalue weighted by molar-refractivity contribution is -0.181. The summed E-state index contributed by atoms with van der Waals surface area (Å²) in [6.45, 7) is 3.43. The number of nitrogens with zero attached hydrogens (tertiary/aromatic N) is 4. The molecule has 0 N–H and O–H groups in total. The molecular formula is C31H32N4O3. The summed E-state index contributed by atoms with van der Waals surface area (Å²) in [5, 5.41) is 14.2. The van der Waals surface area contributed by atoms with E-state index < -0.39 is 5.79 Å². The zero-order valence-corrected chi connectivity index (χ0v) is 21.7. The summed E-state index contributed by atoms with van der Waals surface area (Å²) in [5.41, 5.74) is 6.36. The van der Waals surface area contributed by atoms with Gasteiger partial charge in [0.25, 0.3) is 5.56 Å². The van der Waals surface area contributed by atoms with Crippen LogP contribution in [0.15, 0.2) is 65.6 Å². The fourth-order valence-corrected chi connectivity index (χ4v) is 6.14. The SMILES string of the molecule is CCCc1c(Cc2ccc(-c3ccccc3C#N)cc2)c(=O)n(C2CCC3(CC2)OCCO3)c2ccnn12. The van der Waals surface area contributed by atoms with Gasteiger partial charge in [-0.2, -0.15) is 10.4 Å². The standard InChI is InChI=1S/C31H32N4O3/c1-2-5-28-27(20-22-8-10-23(11-9-22)26-7-4-3-6-24(26)21-32)30(36)34(29-14-17-33-35(28)29)25-12-15-31(16-13-25)37-18-19-38-31/h3-4,6-11,14,17,25H,2,5,12-13,15-16,18-20H2,1H3. The molecule has 0 radical (unpaired) electrons. The van der Waals surface area contributed by atoms with Crippen LogP contribution >= 0.6 is 0 Å². The highest BCUT2D eigenvalue weighted by atomic mass is 16.7. The Kier molecular flexibility index (Phi) is 6.61. The quantitative estimate of drug-likeness (QED) is 0.347.